The van der Waals surface area contributed by atoms with Crippen LogP contribution in [-0.4, -0.2) is 56.8 Å². The molecule has 2 unspecified atom stereocenters. The van der Waals surface area contributed by atoms with E-state index in [-0.39, 0.29) is 11.2 Å². The fourth-order valence-electron chi connectivity index (χ4n) is 3.34. The lowest BCUT2D eigenvalue weighted by Crippen LogP contribution is -2.22. The molecule has 1 aliphatic heterocycles. The maximum absolute atomic E-state index is 11.7. The average molecular weight is 473 g/mol. The van der Waals surface area contributed by atoms with Gasteiger partial charge in [0.15, 0.2) is 0 Å². The molecule has 0 aliphatic carbocycles. The number of amides is 1. The minimum absolute atomic E-state index is 0.0173. The number of carbonyl (C=O) groups excluding carboxylic acids is 1. The summed E-state index contributed by atoms with van der Waals surface area (Å²) in [5.74, 6) is 1.85. The highest BCUT2D eigenvalue weighted by atomic mass is 32.2. The van der Waals surface area contributed by atoms with Crippen molar-refractivity contribution in [2.75, 3.05) is 26.5 Å². The number of nitrogens with zero attached hydrogens (tertiary/aromatic N) is 2. The number of fused-ring (bicyclic) bond motifs is 1. The molecule has 2 N–H and O–H groups in total. The maximum Gasteiger partial charge on any atom is 0.220 e. The summed E-state index contributed by atoms with van der Waals surface area (Å²) < 4.78 is 23.4. The number of nitrogens with one attached hydrogen (secondary N) is 2. The van der Waals surface area contributed by atoms with Gasteiger partial charge in [0, 0.05) is 36.4 Å². The Labute approximate surface area is 192 Å². The molecule has 0 fully saturated rings. The van der Waals surface area contributed by atoms with Crippen LogP contribution in [0.15, 0.2) is 46.5 Å². The van der Waals surface area contributed by atoms with E-state index >= 15 is 0 Å². The largest absolute Gasteiger partial charge is 0.492 e. The van der Waals surface area contributed by atoms with E-state index in [0.29, 0.717) is 41.8 Å². The Hall–Kier alpha value is -2.85. The Morgan fingerprint density at radius 1 is 1.31 bits per heavy atom. The third-order valence-electron chi connectivity index (χ3n) is 4.84. The van der Waals surface area contributed by atoms with Gasteiger partial charge in [0.05, 0.1) is 41.4 Å². The van der Waals surface area contributed by atoms with Gasteiger partial charge < -0.3 is 19.8 Å². The van der Waals surface area contributed by atoms with Gasteiger partial charge in [-0.15, -0.1) is 0 Å². The minimum atomic E-state index is -1.14. The molecule has 10 heteroatoms. The topological polar surface area (TPSA) is 106 Å². The zero-order valence-corrected chi connectivity index (χ0v) is 19.6. The monoisotopic (exact) mass is 472 g/mol. The summed E-state index contributed by atoms with van der Waals surface area (Å²) in [7, 11) is 0.504. The van der Waals surface area contributed by atoms with Gasteiger partial charge in [-0.2, -0.15) is 0 Å². The zero-order valence-electron chi connectivity index (χ0n) is 18.0. The van der Waals surface area contributed by atoms with E-state index < -0.39 is 10.8 Å². The SMILES string of the molecule is CCOc1cc(Oc2ccc(S(C)=O)nc2)cc2cc(C3=NCC(CC(=O)NC)S3)[nH]c12. The zero-order chi connectivity index (χ0) is 22.7. The molecule has 0 saturated heterocycles. The van der Waals surface area contributed by atoms with Crippen molar-refractivity contribution in [3.05, 3.63) is 42.2 Å². The van der Waals surface area contributed by atoms with Crippen molar-refractivity contribution in [1.29, 1.82) is 0 Å². The third-order valence-corrected chi connectivity index (χ3v) is 6.90. The maximum atomic E-state index is 11.7. The number of carbonyl (C=O) groups is 1. The normalized spacial score (nSPS) is 16.6. The molecule has 3 heterocycles. The number of hydrogen-bond donors (Lipinski definition) is 2. The molecule has 168 valence electrons. The molecule has 3 aromatic rings. The van der Waals surface area contributed by atoms with Gasteiger partial charge in [-0.05, 0) is 31.2 Å². The van der Waals surface area contributed by atoms with E-state index in [2.05, 4.69) is 20.3 Å². The van der Waals surface area contributed by atoms with Crippen LogP contribution < -0.4 is 14.8 Å². The Bertz CT molecular complexity index is 1190. The van der Waals surface area contributed by atoms with Gasteiger partial charge in [0.2, 0.25) is 5.91 Å². The van der Waals surface area contributed by atoms with E-state index in [1.54, 1.807) is 43.4 Å². The molecule has 0 bridgehead atoms. The highest BCUT2D eigenvalue weighted by Gasteiger charge is 2.24. The first-order valence-electron chi connectivity index (χ1n) is 10.2. The van der Waals surface area contributed by atoms with Gasteiger partial charge in [0.25, 0.3) is 0 Å². The van der Waals surface area contributed by atoms with Crippen molar-refractivity contribution in [2.45, 2.75) is 23.6 Å². The van der Waals surface area contributed by atoms with Crippen LogP contribution in [-0.2, 0) is 15.6 Å². The number of ether oxygens (including phenoxy) is 2. The molecule has 1 amide bonds. The summed E-state index contributed by atoms with van der Waals surface area (Å²) in [6.07, 6.45) is 3.58. The van der Waals surface area contributed by atoms with Crippen LogP contribution in [0, 0.1) is 0 Å². The first-order chi connectivity index (χ1) is 15.5. The van der Waals surface area contributed by atoms with Gasteiger partial charge >= 0.3 is 0 Å². The van der Waals surface area contributed by atoms with Crippen molar-refractivity contribution in [1.82, 2.24) is 15.3 Å². The second-order valence-electron chi connectivity index (χ2n) is 7.15. The first-order valence-corrected chi connectivity index (χ1v) is 12.6. The summed E-state index contributed by atoms with van der Waals surface area (Å²) in [5.41, 5.74) is 1.75. The van der Waals surface area contributed by atoms with Crippen LogP contribution in [0.3, 0.4) is 0 Å². The number of aliphatic imine (C=N–C) groups is 1. The Morgan fingerprint density at radius 3 is 2.84 bits per heavy atom. The average Bonchev–Trinajstić information content (AvgIpc) is 3.41. The number of rotatable bonds is 8. The van der Waals surface area contributed by atoms with Crippen LogP contribution in [0.25, 0.3) is 10.9 Å². The lowest BCUT2D eigenvalue weighted by Gasteiger charge is -2.10. The molecule has 0 spiro atoms. The predicted octanol–water partition coefficient (Wildman–Crippen LogP) is 3.49. The smallest absolute Gasteiger partial charge is 0.220 e. The Morgan fingerprint density at radius 2 is 2.16 bits per heavy atom. The lowest BCUT2D eigenvalue weighted by molar-refractivity contribution is -0.120. The summed E-state index contributed by atoms with van der Waals surface area (Å²) in [4.78, 5) is 23.9. The van der Waals surface area contributed by atoms with Crippen molar-refractivity contribution in [3.8, 4) is 17.2 Å². The highest BCUT2D eigenvalue weighted by Crippen LogP contribution is 2.36. The molecule has 2 atom stereocenters. The first kappa shape index (κ1) is 22.3. The standard InChI is InChI=1S/C22H24N4O4S2/c1-4-29-18-9-15(30-14-5-6-20(24-11-14)32(3)28)7-13-8-17(26-21(13)18)22-25-12-16(31-22)10-19(27)23-2/h5-9,11,16,26H,4,10,12H2,1-3H3,(H,23,27). The molecular weight excluding hydrogens is 448 g/mol. The molecule has 1 aromatic carbocycles. The summed E-state index contributed by atoms with van der Waals surface area (Å²) in [5, 5.41) is 5.11. The van der Waals surface area contributed by atoms with E-state index in [1.165, 1.54) is 0 Å². The van der Waals surface area contributed by atoms with E-state index in [0.717, 1.165) is 21.6 Å². The number of pyridine rings is 1. The van der Waals surface area contributed by atoms with E-state index in [1.807, 2.05) is 25.1 Å². The number of aromatic nitrogens is 2. The molecule has 0 radical (unpaired) electrons. The minimum Gasteiger partial charge on any atom is -0.492 e. The van der Waals surface area contributed by atoms with Crippen LogP contribution >= 0.6 is 11.8 Å². The molecule has 4 rings (SSSR count). The predicted molar refractivity (Wildman–Crippen MR) is 128 cm³/mol. The molecule has 8 nitrogen and oxygen atoms in total. The Balaban J connectivity index is 1.59. The fraction of sp³-hybridized carbons (Fsp3) is 0.318. The van der Waals surface area contributed by atoms with Gasteiger partial charge in [-0.3, -0.25) is 14.0 Å². The molecule has 1 aliphatic rings. The second-order valence-corrected chi connectivity index (χ2v) is 9.77. The third kappa shape index (κ3) is 4.97. The van der Waals surface area contributed by atoms with E-state index in [4.69, 9.17) is 9.47 Å². The van der Waals surface area contributed by atoms with Crippen molar-refractivity contribution >= 4 is 44.4 Å². The van der Waals surface area contributed by atoms with E-state index in [9.17, 15) is 9.00 Å². The van der Waals surface area contributed by atoms with Gasteiger partial charge in [0.1, 0.15) is 27.3 Å². The number of thioether (sulfide) groups is 1. The van der Waals surface area contributed by atoms with Crippen LogP contribution in [0.2, 0.25) is 0 Å². The Kier molecular flexibility index (Phi) is 6.80. The van der Waals surface area contributed by atoms with Crippen molar-refractivity contribution in [2.24, 2.45) is 4.99 Å². The number of H-pyrrole nitrogens is 1. The number of hydrogen-bond acceptors (Lipinski definition) is 7. The number of benzene rings is 1. The summed E-state index contributed by atoms with van der Waals surface area (Å²) in [6, 6.07) is 9.20. The number of aromatic amines is 1. The second kappa shape index (κ2) is 9.74. The molecular formula is C22H24N4O4S2. The molecule has 2 aromatic heterocycles. The van der Waals surface area contributed by atoms with Crippen molar-refractivity contribution in [3.63, 3.8) is 0 Å². The summed E-state index contributed by atoms with van der Waals surface area (Å²) in [6.45, 7) is 3.05. The molecule has 32 heavy (non-hydrogen) atoms. The van der Waals surface area contributed by atoms with Crippen LogP contribution in [0.1, 0.15) is 19.0 Å². The van der Waals surface area contributed by atoms with Gasteiger partial charge in [-0.25, -0.2) is 4.98 Å². The lowest BCUT2D eigenvalue weighted by atomic mass is 10.2. The van der Waals surface area contributed by atoms with Gasteiger partial charge in [-0.1, -0.05) is 11.8 Å². The molecule has 0 saturated carbocycles. The fourth-order valence-corrected chi connectivity index (χ4v) is 4.89. The quantitative estimate of drug-likeness (QED) is 0.520. The van der Waals surface area contributed by atoms with Crippen LogP contribution in [0.5, 0.6) is 17.2 Å². The van der Waals surface area contributed by atoms with Crippen LogP contribution in [0.4, 0.5) is 0 Å². The highest BCUT2D eigenvalue weighted by molar-refractivity contribution is 8.15. The summed E-state index contributed by atoms with van der Waals surface area (Å²) >= 11 is 1.61. The van der Waals surface area contributed by atoms with Crippen molar-refractivity contribution < 1.29 is 18.5 Å².